The summed E-state index contributed by atoms with van der Waals surface area (Å²) in [6.07, 6.45) is 1.97. The van der Waals surface area contributed by atoms with Crippen molar-refractivity contribution in [2.24, 2.45) is 5.73 Å². The maximum absolute atomic E-state index is 11.3. The van der Waals surface area contributed by atoms with Crippen LogP contribution in [0.2, 0.25) is 15.1 Å². The van der Waals surface area contributed by atoms with E-state index in [4.69, 9.17) is 40.5 Å². The maximum atomic E-state index is 11.3. The molecule has 0 radical (unpaired) electrons. The average molecular weight is 333 g/mol. The third-order valence-electron chi connectivity index (χ3n) is 3.02. The molecule has 0 aliphatic rings. The van der Waals surface area contributed by atoms with Gasteiger partial charge < -0.3 is 5.73 Å². The van der Waals surface area contributed by atoms with Crippen LogP contribution < -0.4 is 5.73 Å². The zero-order valence-corrected chi connectivity index (χ0v) is 12.9. The molecule has 0 aliphatic carbocycles. The lowest BCUT2D eigenvalue weighted by Crippen LogP contribution is -2.13. The Morgan fingerprint density at radius 2 is 1.95 bits per heavy atom. The lowest BCUT2D eigenvalue weighted by atomic mass is 9.94. The molecule has 3 N–H and O–H groups in total. The molecule has 1 aromatic heterocycles. The van der Waals surface area contributed by atoms with Crippen molar-refractivity contribution < 1.29 is 4.79 Å². The summed E-state index contributed by atoms with van der Waals surface area (Å²) in [6, 6.07) is 3.28. The van der Waals surface area contributed by atoms with E-state index in [2.05, 4.69) is 10.2 Å². The van der Waals surface area contributed by atoms with E-state index >= 15 is 0 Å². The number of halogens is 3. The van der Waals surface area contributed by atoms with Gasteiger partial charge in [-0.3, -0.25) is 9.89 Å². The Hall–Kier alpha value is -1.23. The van der Waals surface area contributed by atoms with E-state index in [1.54, 1.807) is 12.1 Å². The van der Waals surface area contributed by atoms with Gasteiger partial charge in [0.05, 0.1) is 11.3 Å². The fraction of sp³-hybridized carbons (Fsp3) is 0.231. The second kappa shape index (κ2) is 6.04. The molecule has 1 heterocycles. The van der Waals surface area contributed by atoms with Gasteiger partial charge in [-0.05, 0) is 30.0 Å². The lowest BCUT2D eigenvalue weighted by molar-refractivity contribution is 0.0999. The number of H-pyrrole nitrogens is 1. The zero-order valence-electron chi connectivity index (χ0n) is 10.6. The number of primary amides is 1. The van der Waals surface area contributed by atoms with Crippen LogP contribution in [-0.2, 0) is 6.42 Å². The number of nitrogens with zero attached hydrogens (tertiary/aromatic N) is 1. The Bertz CT molecular complexity index is 631. The fourth-order valence-electron chi connectivity index (χ4n) is 2.10. The van der Waals surface area contributed by atoms with E-state index in [9.17, 15) is 4.79 Å². The van der Waals surface area contributed by atoms with Gasteiger partial charge in [0, 0.05) is 21.3 Å². The molecular formula is C13H12Cl3N3O. The number of aromatic amines is 1. The van der Waals surface area contributed by atoms with E-state index in [-0.39, 0.29) is 5.92 Å². The molecular weight excluding hydrogens is 321 g/mol. The number of aromatic nitrogens is 2. The van der Waals surface area contributed by atoms with Crippen molar-refractivity contribution in [3.63, 3.8) is 0 Å². The molecule has 0 aliphatic heterocycles. The first-order valence-corrected chi connectivity index (χ1v) is 7.00. The van der Waals surface area contributed by atoms with Gasteiger partial charge in [-0.1, -0.05) is 41.7 Å². The Balaban J connectivity index is 2.31. The zero-order chi connectivity index (χ0) is 14.9. The summed E-state index contributed by atoms with van der Waals surface area (Å²) in [5.74, 6) is -0.553. The number of hydrogen-bond acceptors (Lipinski definition) is 2. The maximum Gasteiger partial charge on any atom is 0.252 e. The quantitative estimate of drug-likeness (QED) is 0.893. The predicted octanol–water partition coefficient (Wildman–Crippen LogP) is 3.82. The van der Waals surface area contributed by atoms with Gasteiger partial charge in [0.15, 0.2) is 0 Å². The second-order valence-corrected chi connectivity index (χ2v) is 5.75. The van der Waals surface area contributed by atoms with Crippen LogP contribution in [0.5, 0.6) is 0 Å². The monoisotopic (exact) mass is 331 g/mol. The number of benzene rings is 1. The van der Waals surface area contributed by atoms with Gasteiger partial charge in [-0.2, -0.15) is 5.10 Å². The van der Waals surface area contributed by atoms with Crippen LogP contribution in [0, 0.1) is 0 Å². The summed E-state index contributed by atoms with van der Waals surface area (Å²) in [5.41, 5.74) is 7.02. The van der Waals surface area contributed by atoms with Crippen molar-refractivity contribution in [3.8, 4) is 0 Å². The number of amides is 1. The van der Waals surface area contributed by atoms with Crippen LogP contribution >= 0.6 is 34.8 Å². The summed E-state index contributed by atoms with van der Waals surface area (Å²) in [5, 5.41) is 8.14. The van der Waals surface area contributed by atoms with Gasteiger partial charge in [-0.25, -0.2) is 0 Å². The Morgan fingerprint density at radius 3 is 2.50 bits per heavy atom. The molecule has 106 valence electrons. The number of nitrogens with one attached hydrogen (secondary N) is 1. The highest BCUT2D eigenvalue weighted by Crippen LogP contribution is 2.36. The van der Waals surface area contributed by atoms with Gasteiger partial charge in [0.25, 0.3) is 5.91 Å². The standard InChI is InChI=1S/C13H12Cl3N3O/c1-6(2-11-8(13(17)20)5-18-19-11)12-9(15)3-7(14)4-10(12)16/h3-6H,2H2,1H3,(H2,17,20)(H,18,19). The number of nitrogens with two attached hydrogens (primary N) is 1. The van der Waals surface area contributed by atoms with E-state index in [1.165, 1.54) is 6.20 Å². The van der Waals surface area contributed by atoms with Crippen molar-refractivity contribution in [1.29, 1.82) is 0 Å². The topological polar surface area (TPSA) is 71.8 Å². The summed E-state index contributed by atoms with van der Waals surface area (Å²) in [7, 11) is 0. The first kappa shape index (κ1) is 15.2. The molecule has 7 heteroatoms. The van der Waals surface area contributed by atoms with Crippen molar-refractivity contribution in [1.82, 2.24) is 10.2 Å². The highest BCUT2D eigenvalue weighted by Gasteiger charge is 2.19. The Kier molecular flexibility index (Phi) is 4.58. The second-order valence-electron chi connectivity index (χ2n) is 4.50. The minimum Gasteiger partial charge on any atom is -0.365 e. The number of carbonyl (C=O) groups excluding carboxylic acids is 1. The van der Waals surface area contributed by atoms with Crippen molar-refractivity contribution in [2.75, 3.05) is 0 Å². The third-order valence-corrected chi connectivity index (χ3v) is 3.86. The first-order chi connectivity index (χ1) is 9.40. The highest BCUT2D eigenvalue weighted by molar-refractivity contribution is 6.39. The Labute approximate surface area is 131 Å². The molecule has 1 unspecified atom stereocenters. The minimum atomic E-state index is -0.519. The molecule has 20 heavy (non-hydrogen) atoms. The molecule has 2 aromatic rings. The molecule has 0 fully saturated rings. The van der Waals surface area contributed by atoms with Crippen molar-refractivity contribution >= 4 is 40.7 Å². The predicted molar refractivity (Wildman–Crippen MR) is 80.7 cm³/mol. The molecule has 1 aromatic carbocycles. The normalized spacial score (nSPS) is 12.4. The number of rotatable bonds is 4. The van der Waals surface area contributed by atoms with Crippen LogP contribution in [0.1, 0.15) is 34.5 Å². The van der Waals surface area contributed by atoms with Crippen molar-refractivity contribution in [3.05, 3.63) is 50.2 Å². The molecule has 4 nitrogen and oxygen atoms in total. The average Bonchev–Trinajstić information content (AvgIpc) is 2.75. The number of carbonyl (C=O) groups is 1. The van der Waals surface area contributed by atoms with Crippen LogP contribution in [0.4, 0.5) is 0 Å². The van der Waals surface area contributed by atoms with Crippen LogP contribution in [0.3, 0.4) is 0 Å². The van der Waals surface area contributed by atoms with Crippen molar-refractivity contribution in [2.45, 2.75) is 19.3 Å². The highest BCUT2D eigenvalue weighted by atomic mass is 35.5. The summed E-state index contributed by atoms with van der Waals surface area (Å²) < 4.78 is 0. The number of hydrogen-bond donors (Lipinski definition) is 2. The summed E-state index contributed by atoms with van der Waals surface area (Å²) in [4.78, 5) is 11.3. The summed E-state index contributed by atoms with van der Waals surface area (Å²) in [6.45, 7) is 1.94. The van der Waals surface area contributed by atoms with Gasteiger partial charge >= 0.3 is 0 Å². The first-order valence-electron chi connectivity index (χ1n) is 5.87. The molecule has 0 bridgehead atoms. The van der Waals surface area contributed by atoms with Crippen LogP contribution in [0.15, 0.2) is 18.3 Å². The van der Waals surface area contributed by atoms with Gasteiger partial charge in [0.1, 0.15) is 0 Å². The van der Waals surface area contributed by atoms with Gasteiger partial charge in [0.2, 0.25) is 0 Å². The van der Waals surface area contributed by atoms with Crippen LogP contribution in [-0.4, -0.2) is 16.1 Å². The smallest absolute Gasteiger partial charge is 0.252 e. The van der Waals surface area contributed by atoms with E-state index in [1.807, 2.05) is 6.92 Å². The van der Waals surface area contributed by atoms with Crippen LogP contribution in [0.25, 0.3) is 0 Å². The van der Waals surface area contributed by atoms with E-state index in [0.717, 1.165) is 5.56 Å². The largest absolute Gasteiger partial charge is 0.365 e. The minimum absolute atomic E-state index is 0.0336. The van der Waals surface area contributed by atoms with Gasteiger partial charge in [-0.15, -0.1) is 0 Å². The lowest BCUT2D eigenvalue weighted by Gasteiger charge is -2.15. The Morgan fingerprint density at radius 1 is 1.35 bits per heavy atom. The SMILES string of the molecule is CC(Cc1n[nH]cc1C(N)=O)c1c(Cl)cc(Cl)cc1Cl. The molecule has 0 spiro atoms. The van der Waals surface area contributed by atoms with E-state index < -0.39 is 5.91 Å². The molecule has 0 saturated heterocycles. The van der Waals surface area contributed by atoms with E-state index in [0.29, 0.717) is 32.7 Å². The summed E-state index contributed by atoms with van der Waals surface area (Å²) >= 11 is 18.3. The molecule has 0 saturated carbocycles. The third kappa shape index (κ3) is 3.08. The molecule has 1 atom stereocenters. The fourth-order valence-corrected chi connectivity index (χ4v) is 3.29. The molecule has 2 rings (SSSR count). The molecule has 1 amide bonds.